The zero-order valence-electron chi connectivity index (χ0n) is 14.6. The first-order valence-corrected chi connectivity index (χ1v) is 8.06. The van der Waals surface area contributed by atoms with Crippen LogP contribution < -0.4 is 20.7 Å². The molecule has 1 aliphatic heterocycles. The molecular weight excluding hydrogens is 340 g/mol. The van der Waals surface area contributed by atoms with Gasteiger partial charge < -0.3 is 25.4 Å². The SMILES string of the molecule is CC(=O)Nc1cc(OC(N)=O)c(-c2cc(N3CCOCC3)n(C)n2)cn1. The molecule has 2 amide bonds. The lowest BCUT2D eigenvalue weighted by molar-refractivity contribution is -0.114. The molecule has 3 rings (SSSR count). The molecule has 26 heavy (non-hydrogen) atoms. The van der Waals surface area contributed by atoms with Gasteiger partial charge in [-0.05, 0) is 0 Å². The van der Waals surface area contributed by atoms with Crippen molar-refractivity contribution in [2.45, 2.75) is 6.92 Å². The summed E-state index contributed by atoms with van der Waals surface area (Å²) in [5.41, 5.74) is 6.23. The molecule has 0 aromatic carbocycles. The first kappa shape index (κ1) is 17.7. The Morgan fingerprint density at radius 1 is 1.31 bits per heavy atom. The minimum atomic E-state index is -0.962. The Labute approximate surface area is 149 Å². The predicted molar refractivity (Wildman–Crippen MR) is 94.0 cm³/mol. The van der Waals surface area contributed by atoms with E-state index in [0.29, 0.717) is 24.5 Å². The normalized spacial score (nSPS) is 14.2. The number of pyridine rings is 1. The molecule has 3 N–H and O–H groups in total. The van der Waals surface area contributed by atoms with Crippen molar-refractivity contribution in [2.24, 2.45) is 12.8 Å². The quantitative estimate of drug-likeness (QED) is 0.823. The summed E-state index contributed by atoms with van der Waals surface area (Å²) in [7, 11) is 1.84. The second-order valence-electron chi connectivity index (χ2n) is 5.78. The van der Waals surface area contributed by atoms with Crippen LogP contribution in [0.4, 0.5) is 16.4 Å². The van der Waals surface area contributed by atoms with E-state index in [4.69, 9.17) is 15.2 Å². The van der Waals surface area contributed by atoms with Crippen molar-refractivity contribution < 1.29 is 19.1 Å². The second-order valence-corrected chi connectivity index (χ2v) is 5.78. The number of hydrogen-bond donors (Lipinski definition) is 2. The fourth-order valence-electron chi connectivity index (χ4n) is 2.75. The van der Waals surface area contributed by atoms with Gasteiger partial charge in [0.1, 0.15) is 17.4 Å². The molecule has 1 aliphatic rings. The first-order chi connectivity index (χ1) is 12.4. The third-order valence-corrected chi connectivity index (χ3v) is 3.85. The lowest BCUT2D eigenvalue weighted by Crippen LogP contribution is -2.37. The van der Waals surface area contributed by atoms with Crippen molar-refractivity contribution in [3.05, 3.63) is 18.3 Å². The highest BCUT2D eigenvalue weighted by atomic mass is 16.5. The number of aromatic nitrogens is 3. The number of aryl methyl sites for hydroxylation is 1. The van der Waals surface area contributed by atoms with Crippen molar-refractivity contribution in [3.8, 4) is 17.0 Å². The summed E-state index contributed by atoms with van der Waals surface area (Å²) in [6.45, 7) is 4.21. The standard InChI is InChI=1S/C16H20N6O4/c1-10(23)19-14-8-13(26-16(17)24)11(9-18-14)12-7-15(21(2)20-12)22-3-5-25-6-4-22/h7-9H,3-6H2,1-2H3,(H2,17,24)(H,18,19,23). The van der Waals surface area contributed by atoms with Gasteiger partial charge in [0.15, 0.2) is 0 Å². The zero-order chi connectivity index (χ0) is 18.7. The predicted octanol–water partition coefficient (Wildman–Crippen LogP) is 0.735. The summed E-state index contributed by atoms with van der Waals surface area (Å²) in [6.07, 6.45) is 0.519. The Morgan fingerprint density at radius 3 is 2.69 bits per heavy atom. The first-order valence-electron chi connectivity index (χ1n) is 8.06. The molecule has 0 saturated carbocycles. The molecule has 3 heterocycles. The number of nitrogens with one attached hydrogen (secondary N) is 1. The van der Waals surface area contributed by atoms with E-state index in [9.17, 15) is 9.59 Å². The minimum Gasteiger partial charge on any atom is -0.410 e. The highest BCUT2D eigenvalue weighted by Crippen LogP contribution is 2.32. The fraction of sp³-hybridized carbons (Fsp3) is 0.375. The van der Waals surface area contributed by atoms with Crippen LogP contribution in [-0.2, 0) is 16.6 Å². The highest BCUT2D eigenvalue weighted by Gasteiger charge is 2.20. The molecule has 10 heteroatoms. The number of carbonyl (C=O) groups excluding carboxylic acids is 2. The lowest BCUT2D eigenvalue weighted by Gasteiger charge is -2.28. The van der Waals surface area contributed by atoms with E-state index in [2.05, 4.69) is 20.3 Å². The van der Waals surface area contributed by atoms with Gasteiger partial charge in [-0.15, -0.1) is 0 Å². The number of amides is 2. The molecule has 1 saturated heterocycles. The van der Waals surface area contributed by atoms with Crippen LogP contribution in [-0.4, -0.2) is 53.1 Å². The second kappa shape index (κ2) is 7.40. The van der Waals surface area contributed by atoms with Crippen LogP contribution in [0.2, 0.25) is 0 Å². The molecule has 2 aromatic heterocycles. The van der Waals surface area contributed by atoms with Crippen molar-refractivity contribution in [3.63, 3.8) is 0 Å². The van der Waals surface area contributed by atoms with Crippen LogP contribution in [0.25, 0.3) is 11.3 Å². The number of carbonyl (C=O) groups is 2. The van der Waals surface area contributed by atoms with Crippen molar-refractivity contribution in [2.75, 3.05) is 36.5 Å². The van der Waals surface area contributed by atoms with E-state index in [0.717, 1.165) is 18.9 Å². The lowest BCUT2D eigenvalue weighted by atomic mass is 10.2. The molecule has 10 nitrogen and oxygen atoms in total. The van der Waals surface area contributed by atoms with E-state index in [-0.39, 0.29) is 17.5 Å². The Bertz CT molecular complexity index is 828. The average molecular weight is 360 g/mol. The Kier molecular flexibility index (Phi) is 5.03. The summed E-state index contributed by atoms with van der Waals surface area (Å²) >= 11 is 0. The van der Waals surface area contributed by atoms with Crippen LogP contribution in [0.1, 0.15) is 6.92 Å². The van der Waals surface area contributed by atoms with E-state index in [1.165, 1.54) is 19.2 Å². The summed E-state index contributed by atoms with van der Waals surface area (Å²) in [4.78, 5) is 28.8. The monoisotopic (exact) mass is 360 g/mol. The smallest absolute Gasteiger partial charge is 0.409 e. The number of ether oxygens (including phenoxy) is 2. The number of hydrogen-bond acceptors (Lipinski definition) is 7. The van der Waals surface area contributed by atoms with Gasteiger partial charge >= 0.3 is 6.09 Å². The van der Waals surface area contributed by atoms with E-state index in [1.807, 2.05) is 13.1 Å². The summed E-state index contributed by atoms with van der Waals surface area (Å²) < 4.78 is 12.2. The van der Waals surface area contributed by atoms with Gasteiger partial charge in [0.2, 0.25) is 5.91 Å². The van der Waals surface area contributed by atoms with Crippen molar-refractivity contribution in [1.29, 1.82) is 0 Å². The minimum absolute atomic E-state index is 0.169. The number of nitrogens with two attached hydrogens (primary N) is 1. The third kappa shape index (κ3) is 3.91. The van der Waals surface area contributed by atoms with E-state index in [1.54, 1.807) is 4.68 Å². The van der Waals surface area contributed by atoms with Gasteiger partial charge in [-0.3, -0.25) is 9.48 Å². The highest BCUT2D eigenvalue weighted by molar-refractivity contribution is 5.88. The molecule has 0 atom stereocenters. The van der Waals surface area contributed by atoms with Crippen LogP contribution in [0.15, 0.2) is 18.3 Å². The molecule has 0 aliphatic carbocycles. The summed E-state index contributed by atoms with van der Waals surface area (Å²) in [5.74, 6) is 1.05. The van der Waals surface area contributed by atoms with Crippen LogP contribution in [0.5, 0.6) is 5.75 Å². The molecule has 138 valence electrons. The van der Waals surface area contributed by atoms with Crippen LogP contribution in [0, 0.1) is 0 Å². The Hall–Kier alpha value is -3.14. The third-order valence-electron chi connectivity index (χ3n) is 3.85. The van der Waals surface area contributed by atoms with E-state index < -0.39 is 6.09 Å². The van der Waals surface area contributed by atoms with Gasteiger partial charge in [-0.2, -0.15) is 5.10 Å². The zero-order valence-corrected chi connectivity index (χ0v) is 14.6. The number of nitrogens with zero attached hydrogens (tertiary/aromatic N) is 4. The molecule has 0 spiro atoms. The maximum atomic E-state index is 11.2. The number of rotatable bonds is 4. The Balaban J connectivity index is 1.96. The summed E-state index contributed by atoms with van der Waals surface area (Å²) in [5, 5.41) is 7.02. The molecule has 1 fully saturated rings. The Morgan fingerprint density at radius 2 is 2.04 bits per heavy atom. The van der Waals surface area contributed by atoms with Gasteiger partial charge in [-0.1, -0.05) is 0 Å². The maximum Gasteiger partial charge on any atom is 0.409 e. The van der Waals surface area contributed by atoms with Gasteiger partial charge in [0, 0.05) is 45.4 Å². The van der Waals surface area contributed by atoms with Crippen molar-refractivity contribution in [1.82, 2.24) is 14.8 Å². The largest absolute Gasteiger partial charge is 0.410 e. The number of anilines is 2. The average Bonchev–Trinajstić information content (AvgIpc) is 2.96. The summed E-state index contributed by atoms with van der Waals surface area (Å²) in [6, 6.07) is 3.32. The van der Waals surface area contributed by atoms with Crippen LogP contribution >= 0.6 is 0 Å². The van der Waals surface area contributed by atoms with E-state index >= 15 is 0 Å². The van der Waals surface area contributed by atoms with Gasteiger partial charge in [-0.25, -0.2) is 9.78 Å². The topological polar surface area (TPSA) is 125 Å². The van der Waals surface area contributed by atoms with Crippen LogP contribution in [0.3, 0.4) is 0 Å². The number of morpholine rings is 1. The van der Waals surface area contributed by atoms with Crippen molar-refractivity contribution >= 4 is 23.6 Å². The molecular formula is C16H20N6O4. The molecule has 0 bridgehead atoms. The number of primary amides is 1. The fourth-order valence-corrected chi connectivity index (χ4v) is 2.75. The molecule has 0 radical (unpaired) electrons. The van der Waals surface area contributed by atoms with Gasteiger partial charge in [0.25, 0.3) is 0 Å². The molecule has 0 unspecified atom stereocenters. The molecule has 2 aromatic rings. The van der Waals surface area contributed by atoms with Gasteiger partial charge in [0.05, 0.1) is 24.5 Å². The maximum absolute atomic E-state index is 11.2.